The van der Waals surface area contributed by atoms with E-state index in [1.807, 2.05) is 0 Å². The maximum atomic E-state index is 12.4. The largest absolute Gasteiger partial charge is 1.00 e. The average molecular weight is 830 g/mol. The number of amides is 2. The number of aromatic carboxylic acids is 2. The Morgan fingerprint density at radius 1 is 0.655 bits per heavy atom. The maximum absolute atomic E-state index is 12.4. The Balaban J connectivity index is 0.000000214. The summed E-state index contributed by atoms with van der Waals surface area (Å²) in [5, 5.41) is 64.5. The van der Waals surface area contributed by atoms with Crippen molar-refractivity contribution < 1.29 is 127 Å². The number of likely N-dealkylation sites (tertiary alicyclic amines) is 2. The summed E-state index contributed by atoms with van der Waals surface area (Å²) >= 11 is 0. The average Bonchev–Trinajstić information content (AvgIpc) is 3.73. The van der Waals surface area contributed by atoms with Gasteiger partial charge in [0.15, 0.2) is 0 Å². The van der Waals surface area contributed by atoms with Crippen LogP contribution in [0, 0.1) is 0 Å². The maximum Gasteiger partial charge on any atom is 1.00 e. The second kappa shape index (κ2) is 18.5. The summed E-state index contributed by atoms with van der Waals surface area (Å²) in [4.78, 5) is 51.6. The van der Waals surface area contributed by atoms with Crippen molar-refractivity contribution in [2.75, 3.05) is 39.3 Å². The zero-order chi connectivity index (χ0) is 40.1. The van der Waals surface area contributed by atoms with Gasteiger partial charge in [-0.15, -0.1) is 0 Å². The van der Waals surface area contributed by atoms with Crippen LogP contribution in [0.1, 0.15) is 44.7 Å². The third-order valence-electron chi connectivity index (χ3n) is 10.9. The number of nitrogens with two attached hydrogens (primary N) is 2. The predicted molar refractivity (Wildman–Crippen MR) is 196 cm³/mol. The Bertz CT molecular complexity index is 1770. The SMILES string of the molecule is N[C@@H]1CN[C@H](C(=O)N2CC(Oc3ccc4c(c3C(=O)O)O[B-](O)(O)CC4)C2)C1.N[C@@H]1CN[C@H](C(=O)N2CC(Oc3ccc4c(c3C(=O)O)O[B-](O)(O)CC4)C2)C1.[Na+].[Na+]. The molecule has 0 aromatic heterocycles. The van der Waals surface area contributed by atoms with Gasteiger partial charge in [0.25, 0.3) is 0 Å². The van der Waals surface area contributed by atoms with E-state index in [0.717, 1.165) is 0 Å². The van der Waals surface area contributed by atoms with Gasteiger partial charge in [-0.1, -0.05) is 24.8 Å². The van der Waals surface area contributed by atoms with E-state index in [4.69, 9.17) is 30.2 Å². The van der Waals surface area contributed by atoms with E-state index in [9.17, 15) is 49.5 Å². The summed E-state index contributed by atoms with van der Waals surface area (Å²) in [6, 6.07) is 5.79. The van der Waals surface area contributed by atoms with Gasteiger partial charge in [-0.2, -0.15) is 0 Å². The van der Waals surface area contributed by atoms with Crippen LogP contribution in [0.2, 0.25) is 12.6 Å². The predicted octanol–water partition coefficient (Wildman–Crippen LogP) is -8.95. The minimum Gasteiger partial charge on any atom is -0.669 e. The molecule has 6 aliphatic rings. The van der Waals surface area contributed by atoms with Crippen LogP contribution in [0.4, 0.5) is 0 Å². The molecule has 0 unspecified atom stereocenters. The fraction of sp³-hybridized carbons (Fsp3) is 0.529. The van der Waals surface area contributed by atoms with Crippen LogP contribution >= 0.6 is 0 Å². The molecule has 0 spiro atoms. The molecule has 0 aliphatic carbocycles. The van der Waals surface area contributed by atoms with Gasteiger partial charge < -0.3 is 81.0 Å². The number of hydrogen-bond donors (Lipinski definition) is 10. The number of nitrogens with zero attached hydrogens (tertiary/aromatic N) is 2. The number of fused-ring (bicyclic) bond motifs is 2. The van der Waals surface area contributed by atoms with Crippen LogP contribution < -0.4 is 100.0 Å². The number of ether oxygens (including phenoxy) is 2. The molecule has 4 saturated heterocycles. The molecule has 2 aromatic rings. The molecule has 12 N–H and O–H groups in total. The Morgan fingerprint density at radius 3 is 1.33 bits per heavy atom. The first kappa shape index (κ1) is 46.4. The van der Waals surface area contributed by atoms with Crippen molar-refractivity contribution in [1.29, 1.82) is 0 Å². The van der Waals surface area contributed by atoms with Gasteiger partial charge in [-0.3, -0.25) is 9.59 Å². The summed E-state index contributed by atoms with van der Waals surface area (Å²) in [6.45, 7) is -3.57. The van der Waals surface area contributed by atoms with Crippen LogP contribution in [-0.2, 0) is 22.4 Å². The van der Waals surface area contributed by atoms with E-state index in [0.29, 0.717) is 76.1 Å². The smallest absolute Gasteiger partial charge is 0.669 e. The molecule has 8 rings (SSSR count). The van der Waals surface area contributed by atoms with Crippen LogP contribution in [0.5, 0.6) is 23.0 Å². The fourth-order valence-corrected chi connectivity index (χ4v) is 7.75. The first-order chi connectivity index (χ1) is 26.5. The number of hydrogen-bond acceptors (Lipinski definition) is 16. The van der Waals surface area contributed by atoms with Crippen LogP contribution in [0.25, 0.3) is 0 Å². The molecule has 58 heavy (non-hydrogen) atoms. The molecule has 0 radical (unpaired) electrons. The minimum atomic E-state index is -3.09. The monoisotopic (exact) mass is 830 g/mol. The molecule has 0 saturated carbocycles. The number of benzene rings is 2. The van der Waals surface area contributed by atoms with E-state index < -0.39 is 25.4 Å². The molecule has 2 amide bonds. The van der Waals surface area contributed by atoms with Gasteiger partial charge in [0.1, 0.15) is 34.8 Å². The third-order valence-corrected chi connectivity index (χ3v) is 10.9. The molecule has 24 heteroatoms. The van der Waals surface area contributed by atoms with Gasteiger partial charge in [-0.05, 0) is 48.9 Å². The van der Waals surface area contributed by atoms with E-state index >= 15 is 0 Å². The summed E-state index contributed by atoms with van der Waals surface area (Å²) in [6.07, 6.45) is 1.09. The molecule has 4 fully saturated rings. The first-order valence-electron chi connectivity index (χ1n) is 18.7. The quantitative estimate of drug-likeness (QED) is 0.111. The minimum absolute atomic E-state index is 0. The first-order valence-corrected chi connectivity index (χ1v) is 18.7. The summed E-state index contributed by atoms with van der Waals surface area (Å²) < 4.78 is 21.9. The van der Waals surface area contributed by atoms with E-state index in [1.165, 1.54) is 0 Å². The number of rotatable bonds is 8. The van der Waals surface area contributed by atoms with Crippen molar-refractivity contribution in [3.63, 3.8) is 0 Å². The van der Waals surface area contributed by atoms with Gasteiger partial charge in [0.2, 0.25) is 11.8 Å². The van der Waals surface area contributed by atoms with Crippen LogP contribution in [0.15, 0.2) is 24.3 Å². The third kappa shape index (κ3) is 10.3. The number of carbonyl (C=O) groups excluding carboxylic acids is 2. The standard InChI is InChI=1S/2C17H23BN3O7.2Na/c2*19-10-5-12(20-6-10)16(22)21-7-11(8-21)27-13-2-1-9-3-4-18(25,26)28-15(9)14(13)17(23)24;;/h2*1-2,10-12,20,25-26H,3-8,19H2,(H,23,24);;/q2*-1;2*+1/t2*10-,12-;;/m00../s1. The van der Waals surface area contributed by atoms with Crippen LogP contribution in [0.3, 0.4) is 0 Å². The Labute approximate surface area is 377 Å². The Hall–Kier alpha value is -2.67. The van der Waals surface area contributed by atoms with Crippen molar-refractivity contribution in [2.45, 2.75) is 74.7 Å². The fourth-order valence-electron chi connectivity index (χ4n) is 7.75. The molecule has 6 aliphatic heterocycles. The molecule has 2 aromatic carbocycles. The summed E-state index contributed by atoms with van der Waals surface area (Å²) in [5.41, 5.74) is 12.3. The number of carbonyl (C=O) groups is 4. The Kier molecular flexibility index (Phi) is 14.8. The van der Waals surface area contributed by atoms with E-state index in [1.54, 1.807) is 34.1 Å². The van der Waals surface area contributed by atoms with Crippen molar-refractivity contribution in [3.05, 3.63) is 46.5 Å². The van der Waals surface area contributed by atoms with E-state index in [-0.39, 0.29) is 154 Å². The van der Waals surface area contributed by atoms with Crippen molar-refractivity contribution in [1.82, 2.24) is 20.4 Å². The molecular formula is C34H46B2N6Na2O14. The zero-order valence-corrected chi connectivity index (χ0v) is 36.4. The van der Waals surface area contributed by atoms with Gasteiger partial charge >= 0.3 is 84.6 Å². The van der Waals surface area contributed by atoms with E-state index in [2.05, 4.69) is 10.6 Å². The molecule has 0 bridgehead atoms. The second-order valence-corrected chi connectivity index (χ2v) is 15.4. The summed E-state index contributed by atoms with van der Waals surface area (Å²) in [5.74, 6) is -2.61. The normalized spacial score (nSPS) is 25.3. The number of nitrogens with one attached hydrogen (secondary N) is 2. The molecule has 20 nitrogen and oxygen atoms in total. The van der Waals surface area contributed by atoms with Gasteiger partial charge in [0, 0.05) is 25.2 Å². The number of carboxylic acids is 2. The number of carboxylic acid groups (broad SMARTS) is 2. The second-order valence-electron chi connectivity index (χ2n) is 15.4. The number of aryl methyl sites for hydroxylation is 2. The van der Waals surface area contributed by atoms with Crippen molar-refractivity contribution in [3.8, 4) is 23.0 Å². The topological polar surface area (TPSA) is 309 Å². The van der Waals surface area contributed by atoms with Crippen molar-refractivity contribution >= 4 is 37.3 Å². The van der Waals surface area contributed by atoms with Gasteiger partial charge in [-0.25, -0.2) is 9.59 Å². The van der Waals surface area contributed by atoms with Gasteiger partial charge in [0.05, 0.1) is 49.8 Å². The van der Waals surface area contributed by atoms with Crippen LogP contribution in [-0.4, -0.2) is 153 Å². The molecule has 4 atom stereocenters. The Morgan fingerprint density at radius 2 is 1.02 bits per heavy atom. The molecule has 304 valence electrons. The zero-order valence-electron chi connectivity index (χ0n) is 32.4. The van der Waals surface area contributed by atoms with Crippen molar-refractivity contribution in [2.24, 2.45) is 11.5 Å². The summed E-state index contributed by atoms with van der Waals surface area (Å²) in [7, 11) is 0. The molecular weight excluding hydrogens is 784 g/mol. The molecule has 6 heterocycles.